The summed E-state index contributed by atoms with van der Waals surface area (Å²) < 4.78 is 4.33. The second-order valence-electron chi connectivity index (χ2n) is 3.49. The van der Waals surface area contributed by atoms with Crippen LogP contribution in [-0.2, 0) is 4.74 Å². The molecule has 6 nitrogen and oxygen atoms in total. The van der Waals surface area contributed by atoms with E-state index in [1.165, 1.54) is 7.11 Å². The van der Waals surface area contributed by atoms with Gasteiger partial charge in [0, 0.05) is 5.39 Å². The molecule has 17 heavy (non-hydrogen) atoms. The first kappa shape index (κ1) is 11.1. The van der Waals surface area contributed by atoms with Gasteiger partial charge in [0.1, 0.15) is 0 Å². The van der Waals surface area contributed by atoms with Gasteiger partial charge < -0.3 is 14.8 Å². The highest BCUT2D eigenvalue weighted by atomic mass is 16.5. The summed E-state index contributed by atoms with van der Waals surface area (Å²) in [6.07, 6.45) is -0.814. The van der Waals surface area contributed by atoms with Gasteiger partial charge in [-0.3, -0.25) is 0 Å². The van der Waals surface area contributed by atoms with E-state index in [0.717, 1.165) is 11.1 Å². The minimum atomic E-state index is -0.814. The molecule has 0 aliphatic carbocycles. The zero-order chi connectivity index (χ0) is 12.4. The minimum absolute atomic E-state index is 0.123. The number of aromatic amines is 1. The van der Waals surface area contributed by atoms with Crippen LogP contribution in [0, 0.1) is 6.92 Å². The maximum absolute atomic E-state index is 10.8. The lowest BCUT2D eigenvalue weighted by atomic mass is 10.1. The maximum atomic E-state index is 10.8. The van der Waals surface area contributed by atoms with Crippen molar-refractivity contribution in [2.24, 2.45) is 10.2 Å². The molecule has 1 heterocycles. The Labute approximate surface area is 96.9 Å². The normalized spacial score (nSPS) is 11.2. The number of aromatic hydroxyl groups is 1. The number of fused-ring (bicyclic) bond motifs is 1. The monoisotopic (exact) mass is 233 g/mol. The van der Waals surface area contributed by atoms with Gasteiger partial charge in [-0.05, 0) is 12.5 Å². The van der Waals surface area contributed by atoms with Crippen molar-refractivity contribution in [2.75, 3.05) is 7.11 Å². The number of benzene rings is 1. The van der Waals surface area contributed by atoms with Crippen LogP contribution in [0.3, 0.4) is 0 Å². The van der Waals surface area contributed by atoms with Crippen LogP contribution in [0.25, 0.3) is 10.9 Å². The number of aryl methyl sites for hydroxylation is 1. The molecule has 2 rings (SSSR count). The van der Waals surface area contributed by atoms with Crippen LogP contribution in [0.5, 0.6) is 5.88 Å². The Balaban J connectivity index is 2.54. The molecule has 2 aromatic rings. The lowest BCUT2D eigenvalue weighted by molar-refractivity contribution is 0.181. The van der Waals surface area contributed by atoms with Gasteiger partial charge in [0.15, 0.2) is 5.69 Å². The third-order valence-electron chi connectivity index (χ3n) is 2.40. The van der Waals surface area contributed by atoms with E-state index in [4.69, 9.17) is 0 Å². The molecule has 1 aromatic carbocycles. The quantitative estimate of drug-likeness (QED) is 0.742. The zero-order valence-corrected chi connectivity index (χ0v) is 9.39. The first-order valence-corrected chi connectivity index (χ1v) is 4.93. The summed E-state index contributed by atoms with van der Waals surface area (Å²) in [6, 6.07) is 5.52. The third-order valence-corrected chi connectivity index (χ3v) is 2.40. The average molecular weight is 233 g/mol. The molecule has 6 heteroatoms. The maximum Gasteiger partial charge on any atom is 0.452 e. The Bertz CT molecular complexity index is 601. The Morgan fingerprint density at radius 1 is 1.47 bits per heavy atom. The number of ether oxygens (including phenoxy) is 1. The lowest BCUT2D eigenvalue weighted by Crippen LogP contribution is -1.89. The number of para-hydroxylation sites is 1. The van der Waals surface area contributed by atoms with Crippen LogP contribution in [-0.4, -0.2) is 23.3 Å². The van der Waals surface area contributed by atoms with Crippen LogP contribution in [0.2, 0.25) is 0 Å². The molecular formula is C11H11N3O3. The van der Waals surface area contributed by atoms with Gasteiger partial charge in [-0.25, -0.2) is 4.79 Å². The molecule has 0 unspecified atom stereocenters. The van der Waals surface area contributed by atoms with Crippen molar-refractivity contribution in [2.45, 2.75) is 6.92 Å². The predicted octanol–water partition coefficient (Wildman–Crippen LogP) is 3.03. The largest absolute Gasteiger partial charge is 0.493 e. The van der Waals surface area contributed by atoms with E-state index >= 15 is 0 Å². The van der Waals surface area contributed by atoms with E-state index in [1.807, 2.05) is 19.1 Å². The van der Waals surface area contributed by atoms with Gasteiger partial charge in [0.2, 0.25) is 5.88 Å². The first-order chi connectivity index (χ1) is 8.13. The molecule has 2 N–H and O–H groups in total. The zero-order valence-electron chi connectivity index (χ0n) is 9.39. The summed E-state index contributed by atoms with van der Waals surface area (Å²) in [5.41, 5.74) is 1.97. The number of hydrogen-bond donors (Lipinski definition) is 2. The molecule has 0 saturated carbocycles. The molecule has 0 spiro atoms. The van der Waals surface area contributed by atoms with Crippen LogP contribution >= 0.6 is 0 Å². The van der Waals surface area contributed by atoms with Crippen molar-refractivity contribution in [3.8, 4) is 5.88 Å². The highest BCUT2D eigenvalue weighted by molar-refractivity contribution is 5.96. The Morgan fingerprint density at radius 2 is 2.24 bits per heavy atom. The SMILES string of the molecule is COC(=O)N=Nc1c(O)[nH]c2c(C)cccc12. The molecular weight excluding hydrogens is 222 g/mol. The lowest BCUT2D eigenvalue weighted by Gasteiger charge is -1.94. The van der Waals surface area contributed by atoms with Gasteiger partial charge in [-0.2, -0.15) is 0 Å². The number of nitrogens with one attached hydrogen (secondary N) is 1. The molecule has 0 bridgehead atoms. The van der Waals surface area contributed by atoms with Crippen LogP contribution in [0.1, 0.15) is 5.56 Å². The number of aromatic nitrogens is 1. The first-order valence-electron chi connectivity index (χ1n) is 4.93. The molecule has 0 atom stereocenters. The Morgan fingerprint density at radius 3 is 2.94 bits per heavy atom. The fourth-order valence-electron chi connectivity index (χ4n) is 1.57. The van der Waals surface area contributed by atoms with Crippen LogP contribution < -0.4 is 0 Å². The number of nitrogens with zero attached hydrogens (tertiary/aromatic N) is 2. The van der Waals surface area contributed by atoms with E-state index < -0.39 is 6.09 Å². The molecule has 88 valence electrons. The van der Waals surface area contributed by atoms with E-state index in [1.54, 1.807) is 6.07 Å². The summed E-state index contributed by atoms with van der Waals surface area (Å²) >= 11 is 0. The number of H-pyrrole nitrogens is 1. The smallest absolute Gasteiger partial charge is 0.452 e. The number of carbonyl (C=O) groups excluding carboxylic acids is 1. The fraction of sp³-hybridized carbons (Fsp3) is 0.182. The predicted molar refractivity (Wildman–Crippen MR) is 61.6 cm³/mol. The number of rotatable bonds is 1. The van der Waals surface area contributed by atoms with Crippen molar-refractivity contribution < 1.29 is 14.6 Å². The van der Waals surface area contributed by atoms with Crippen molar-refractivity contribution in [3.63, 3.8) is 0 Å². The van der Waals surface area contributed by atoms with Gasteiger partial charge in [-0.15, -0.1) is 5.11 Å². The van der Waals surface area contributed by atoms with Gasteiger partial charge >= 0.3 is 6.09 Å². The topological polar surface area (TPSA) is 87.0 Å². The fourth-order valence-corrected chi connectivity index (χ4v) is 1.57. The van der Waals surface area contributed by atoms with Crippen molar-refractivity contribution in [1.82, 2.24) is 4.98 Å². The molecule has 1 aromatic heterocycles. The summed E-state index contributed by atoms with van der Waals surface area (Å²) in [5, 5.41) is 17.4. The van der Waals surface area contributed by atoms with Gasteiger partial charge in [0.25, 0.3) is 0 Å². The highest BCUT2D eigenvalue weighted by Crippen LogP contribution is 2.36. The summed E-state index contributed by atoms with van der Waals surface area (Å²) in [5.74, 6) is -0.123. The van der Waals surface area contributed by atoms with Gasteiger partial charge in [-0.1, -0.05) is 23.3 Å². The number of amides is 1. The van der Waals surface area contributed by atoms with Gasteiger partial charge in [0.05, 0.1) is 12.6 Å². The van der Waals surface area contributed by atoms with E-state index in [-0.39, 0.29) is 11.6 Å². The van der Waals surface area contributed by atoms with E-state index in [2.05, 4.69) is 19.9 Å². The van der Waals surface area contributed by atoms with Crippen molar-refractivity contribution in [3.05, 3.63) is 23.8 Å². The summed E-state index contributed by atoms with van der Waals surface area (Å²) in [7, 11) is 1.21. The van der Waals surface area contributed by atoms with Crippen molar-refractivity contribution >= 4 is 22.7 Å². The second-order valence-corrected chi connectivity index (χ2v) is 3.49. The Hall–Kier alpha value is -2.37. The number of hydrogen-bond acceptors (Lipinski definition) is 4. The molecule has 0 aliphatic heterocycles. The third kappa shape index (κ3) is 1.96. The number of carbonyl (C=O) groups is 1. The van der Waals surface area contributed by atoms with Crippen LogP contribution in [0.4, 0.5) is 10.5 Å². The van der Waals surface area contributed by atoms with E-state index in [9.17, 15) is 9.90 Å². The average Bonchev–Trinajstić information content (AvgIpc) is 2.64. The van der Waals surface area contributed by atoms with E-state index in [0.29, 0.717) is 5.39 Å². The number of methoxy groups -OCH3 is 1. The second kappa shape index (κ2) is 4.25. The summed E-state index contributed by atoms with van der Waals surface area (Å²) in [6.45, 7) is 1.90. The van der Waals surface area contributed by atoms with Crippen molar-refractivity contribution in [1.29, 1.82) is 0 Å². The molecule has 0 saturated heterocycles. The molecule has 0 aliphatic rings. The minimum Gasteiger partial charge on any atom is -0.493 e. The highest BCUT2D eigenvalue weighted by Gasteiger charge is 2.11. The molecule has 1 amide bonds. The molecule has 0 radical (unpaired) electrons. The standard InChI is InChI=1S/C11H11N3O3/c1-6-4-3-5-7-8(6)12-10(15)9(7)13-14-11(16)17-2/h3-5,12,15H,1-2H3. The molecule has 0 fully saturated rings. The number of azo groups is 1. The Kier molecular flexibility index (Phi) is 2.78. The summed E-state index contributed by atoms with van der Waals surface area (Å²) in [4.78, 5) is 13.6. The van der Waals surface area contributed by atoms with Crippen LogP contribution in [0.15, 0.2) is 28.4 Å².